The molecule has 0 aliphatic rings. The Bertz CT molecular complexity index is 1310. The normalized spacial score (nSPS) is 11.2. The van der Waals surface area contributed by atoms with Gasteiger partial charge < -0.3 is 17.0 Å². The van der Waals surface area contributed by atoms with Crippen LogP contribution in [-0.2, 0) is 5.75 Å². The fourth-order valence-electron chi connectivity index (χ4n) is 3.43. The molecular weight excluding hydrogens is 550 g/mol. The van der Waals surface area contributed by atoms with Crippen LogP contribution in [0.15, 0.2) is 120 Å². The van der Waals surface area contributed by atoms with Crippen LogP contribution in [0.25, 0.3) is 5.70 Å². The van der Waals surface area contributed by atoms with E-state index in [9.17, 15) is 9.59 Å². The van der Waals surface area contributed by atoms with Gasteiger partial charge in [0, 0.05) is 29.0 Å². The highest BCUT2D eigenvalue weighted by atomic mass is 79.9. The Labute approximate surface area is 231 Å². The zero-order valence-electron chi connectivity index (χ0n) is 19.8. The van der Waals surface area contributed by atoms with E-state index in [1.165, 1.54) is 11.8 Å². The van der Waals surface area contributed by atoms with Crippen LogP contribution in [-0.4, -0.2) is 17.3 Å². The lowest BCUT2D eigenvalue weighted by Gasteiger charge is -2.11. The van der Waals surface area contributed by atoms with Crippen molar-refractivity contribution in [2.45, 2.75) is 12.7 Å². The molecule has 0 saturated carbocycles. The van der Waals surface area contributed by atoms with E-state index in [4.69, 9.17) is 0 Å². The number of thioether (sulfide) groups is 2. The summed E-state index contributed by atoms with van der Waals surface area (Å²) in [6, 6.07) is 32.7. The van der Waals surface area contributed by atoms with Crippen LogP contribution in [0, 0.1) is 6.92 Å². The maximum absolute atomic E-state index is 13.8. The van der Waals surface area contributed by atoms with E-state index in [-0.39, 0.29) is 34.3 Å². The number of benzene rings is 3. The SMILES string of the molecule is Cc1cc[n+](/C(C(=O)c2ccccc2)=C(\SCC(=O)c2ccccc2)SCc2ccccc2)cc1.[Br-]. The van der Waals surface area contributed by atoms with Crippen molar-refractivity contribution in [3.05, 3.63) is 142 Å². The first-order chi connectivity index (χ1) is 17.1. The summed E-state index contributed by atoms with van der Waals surface area (Å²) >= 11 is 3.02. The number of carbonyl (C=O) groups excluding carboxylic acids is 2. The molecule has 0 bridgehead atoms. The van der Waals surface area contributed by atoms with E-state index in [2.05, 4.69) is 12.1 Å². The number of aryl methyl sites for hydroxylation is 1. The van der Waals surface area contributed by atoms with Crippen molar-refractivity contribution in [3.8, 4) is 0 Å². The zero-order valence-corrected chi connectivity index (χ0v) is 23.1. The number of ketones is 2. The third-order valence-corrected chi connectivity index (χ3v) is 7.84. The van der Waals surface area contributed by atoms with Crippen LogP contribution >= 0.6 is 23.5 Å². The number of nitrogens with zero attached hydrogens (tertiary/aromatic N) is 1. The van der Waals surface area contributed by atoms with Gasteiger partial charge in [0.15, 0.2) is 18.2 Å². The highest BCUT2D eigenvalue weighted by molar-refractivity contribution is 8.22. The third-order valence-electron chi connectivity index (χ3n) is 5.34. The van der Waals surface area contributed by atoms with Gasteiger partial charge in [-0.3, -0.25) is 9.59 Å². The molecule has 0 fully saturated rings. The Kier molecular flexibility index (Phi) is 10.7. The molecule has 3 nitrogen and oxygen atoms in total. The molecule has 0 N–H and O–H groups in total. The largest absolute Gasteiger partial charge is 1.00 e. The van der Waals surface area contributed by atoms with E-state index < -0.39 is 0 Å². The Morgan fingerprint density at radius 1 is 0.694 bits per heavy atom. The van der Waals surface area contributed by atoms with Gasteiger partial charge >= 0.3 is 0 Å². The standard InChI is InChI=1S/C30H26NO2S2.BrH/c1-23-17-19-31(20-18-23)28(29(33)26-15-9-4-10-16-26)30(34-21-24-11-5-2-6-12-24)35-22-27(32)25-13-7-3-8-14-25;/h2-20H,21-22H2,1H3;1H/q+1;/p-1/b30-28-;. The molecular formula is C30H26BrNO2S2. The molecule has 0 radical (unpaired) electrons. The molecule has 3 aromatic carbocycles. The van der Waals surface area contributed by atoms with Gasteiger partial charge in [-0.1, -0.05) is 91.0 Å². The minimum Gasteiger partial charge on any atom is -1.00 e. The summed E-state index contributed by atoms with van der Waals surface area (Å²) in [7, 11) is 0. The summed E-state index contributed by atoms with van der Waals surface area (Å²) < 4.78 is 2.69. The summed E-state index contributed by atoms with van der Waals surface area (Å²) in [5, 5.41) is 0. The van der Waals surface area contributed by atoms with Crippen molar-refractivity contribution in [2.75, 3.05) is 5.75 Å². The van der Waals surface area contributed by atoms with Crippen LogP contribution < -0.4 is 21.5 Å². The lowest BCUT2D eigenvalue weighted by molar-refractivity contribution is -0.576. The number of rotatable bonds is 10. The average Bonchev–Trinajstić information content (AvgIpc) is 2.92. The van der Waals surface area contributed by atoms with E-state index in [0.717, 1.165) is 15.4 Å². The Morgan fingerprint density at radius 3 is 1.81 bits per heavy atom. The highest BCUT2D eigenvalue weighted by Crippen LogP contribution is 2.36. The molecule has 0 aliphatic carbocycles. The number of aromatic nitrogens is 1. The quantitative estimate of drug-likeness (QED) is 0.163. The van der Waals surface area contributed by atoms with Gasteiger partial charge in [0.2, 0.25) is 0 Å². The van der Waals surface area contributed by atoms with Gasteiger partial charge in [-0.2, -0.15) is 4.57 Å². The van der Waals surface area contributed by atoms with Crippen molar-refractivity contribution < 1.29 is 31.1 Å². The molecule has 0 saturated heterocycles. The minimum atomic E-state index is -0.0744. The van der Waals surface area contributed by atoms with Crippen LogP contribution in [0.4, 0.5) is 0 Å². The average molecular weight is 577 g/mol. The Hall–Kier alpha value is -2.93. The van der Waals surface area contributed by atoms with Crippen molar-refractivity contribution in [3.63, 3.8) is 0 Å². The molecule has 36 heavy (non-hydrogen) atoms. The summed E-state index contributed by atoms with van der Waals surface area (Å²) in [4.78, 5) is 26.7. The molecule has 4 aromatic rings. The molecule has 0 amide bonds. The lowest BCUT2D eigenvalue weighted by Crippen LogP contribution is -3.00. The van der Waals surface area contributed by atoms with E-state index >= 15 is 0 Å². The molecule has 6 heteroatoms. The predicted octanol–water partition coefficient (Wildman–Crippen LogP) is 3.85. The second kappa shape index (κ2) is 14.0. The number of hydrogen-bond acceptors (Lipinski definition) is 4. The summed E-state index contributed by atoms with van der Waals surface area (Å²) in [5.41, 5.74) is 4.11. The van der Waals surface area contributed by atoms with Crippen molar-refractivity contribution in [1.29, 1.82) is 0 Å². The second-order valence-corrected chi connectivity index (χ2v) is 10.2. The molecule has 1 heterocycles. The second-order valence-electron chi connectivity index (χ2n) is 7.97. The fraction of sp³-hybridized carbons (Fsp3) is 0.100. The molecule has 0 spiro atoms. The predicted molar refractivity (Wildman–Crippen MR) is 146 cm³/mol. The minimum absolute atomic E-state index is 0. The van der Waals surface area contributed by atoms with Crippen molar-refractivity contribution in [1.82, 2.24) is 0 Å². The molecule has 0 atom stereocenters. The maximum atomic E-state index is 13.8. The number of allylic oxidation sites excluding steroid dienone is 1. The van der Waals surface area contributed by atoms with Crippen LogP contribution in [0.3, 0.4) is 0 Å². The molecule has 0 unspecified atom stereocenters. The maximum Gasteiger partial charge on any atom is 0.279 e. The van der Waals surface area contributed by atoms with Gasteiger partial charge in [0.1, 0.15) is 4.24 Å². The van der Waals surface area contributed by atoms with Gasteiger partial charge in [0.05, 0.1) is 5.75 Å². The number of Topliss-reactive ketones (excluding diaryl/α,β-unsaturated/α-hetero) is 2. The van der Waals surface area contributed by atoms with Crippen LogP contribution in [0.1, 0.15) is 31.8 Å². The first kappa shape index (κ1) is 27.7. The number of halogens is 1. The van der Waals surface area contributed by atoms with E-state index in [1.807, 2.05) is 115 Å². The summed E-state index contributed by atoms with van der Waals surface area (Å²) in [5.74, 6) is 0.906. The van der Waals surface area contributed by atoms with E-state index in [0.29, 0.717) is 22.6 Å². The van der Waals surface area contributed by atoms with Gasteiger partial charge in [-0.25, -0.2) is 0 Å². The lowest BCUT2D eigenvalue weighted by atomic mass is 10.1. The number of carbonyl (C=O) groups is 2. The van der Waals surface area contributed by atoms with Gasteiger partial charge in [-0.15, -0.1) is 23.5 Å². The van der Waals surface area contributed by atoms with Crippen LogP contribution in [0.5, 0.6) is 0 Å². The van der Waals surface area contributed by atoms with Gasteiger partial charge in [0.25, 0.3) is 11.5 Å². The number of hydrogen-bond donors (Lipinski definition) is 0. The van der Waals surface area contributed by atoms with Gasteiger partial charge in [-0.05, 0) is 18.1 Å². The first-order valence-corrected chi connectivity index (χ1v) is 13.3. The molecule has 182 valence electrons. The third kappa shape index (κ3) is 7.53. The summed E-state index contributed by atoms with van der Waals surface area (Å²) in [6.07, 6.45) is 3.82. The van der Waals surface area contributed by atoms with Crippen molar-refractivity contribution in [2.24, 2.45) is 0 Å². The molecule has 0 aliphatic heterocycles. The first-order valence-electron chi connectivity index (χ1n) is 11.3. The summed E-state index contributed by atoms with van der Waals surface area (Å²) in [6.45, 7) is 2.02. The Balaban J connectivity index is 0.00000361. The highest BCUT2D eigenvalue weighted by Gasteiger charge is 2.28. The van der Waals surface area contributed by atoms with Crippen LogP contribution in [0.2, 0.25) is 0 Å². The fourth-order valence-corrected chi connectivity index (χ4v) is 5.71. The monoisotopic (exact) mass is 575 g/mol. The number of pyridine rings is 1. The Morgan fingerprint density at radius 2 is 1.22 bits per heavy atom. The zero-order chi connectivity index (χ0) is 24.5. The smallest absolute Gasteiger partial charge is 0.279 e. The molecule has 1 aromatic heterocycles. The molecule has 4 rings (SSSR count). The van der Waals surface area contributed by atoms with E-state index in [1.54, 1.807) is 11.8 Å². The van der Waals surface area contributed by atoms with Crippen molar-refractivity contribution >= 4 is 40.8 Å². The topological polar surface area (TPSA) is 38.0 Å².